The van der Waals surface area contributed by atoms with E-state index in [1.54, 1.807) is 31.2 Å². The average Bonchev–Trinajstić information content (AvgIpc) is 2.38. The van der Waals surface area contributed by atoms with Crippen LogP contribution in [0, 0.1) is 0 Å². The predicted molar refractivity (Wildman–Crippen MR) is 72.4 cm³/mol. The monoisotopic (exact) mass is 287 g/mol. The molecule has 0 radical (unpaired) electrons. The predicted octanol–water partition coefficient (Wildman–Crippen LogP) is 1.84. The largest absolute Gasteiger partial charge is 0.484 e. The zero-order chi connectivity index (χ0) is 14.3. The van der Waals surface area contributed by atoms with Gasteiger partial charge in [-0.1, -0.05) is 17.7 Å². The van der Waals surface area contributed by atoms with Crippen LogP contribution in [0.1, 0.15) is 6.92 Å². The molecule has 5 nitrogen and oxygen atoms in total. The molecule has 19 heavy (non-hydrogen) atoms. The molecule has 0 saturated heterocycles. The summed E-state index contributed by atoms with van der Waals surface area (Å²) < 4.78 is 15.4. The molecule has 0 spiro atoms. The number of ether oxygens (including phenoxy) is 3. The second kappa shape index (κ2) is 7.99. The molecule has 1 rings (SSSR count). The molecule has 1 aromatic carbocycles. The molecule has 6 heteroatoms. The minimum Gasteiger partial charge on any atom is -0.484 e. The molecule has 1 atom stereocenters. The van der Waals surface area contributed by atoms with Crippen molar-refractivity contribution in [2.45, 2.75) is 19.3 Å². The van der Waals surface area contributed by atoms with E-state index in [1.165, 1.54) is 14.2 Å². The van der Waals surface area contributed by atoms with Crippen molar-refractivity contribution in [2.75, 3.05) is 20.8 Å². The maximum absolute atomic E-state index is 11.7. The summed E-state index contributed by atoms with van der Waals surface area (Å²) in [7, 11) is 3.03. The zero-order valence-electron chi connectivity index (χ0n) is 11.2. The number of halogens is 1. The van der Waals surface area contributed by atoms with E-state index in [0.717, 1.165) is 0 Å². The maximum Gasteiger partial charge on any atom is 0.258 e. The molecule has 1 aromatic rings. The lowest BCUT2D eigenvalue weighted by Crippen LogP contribution is -2.44. The smallest absolute Gasteiger partial charge is 0.258 e. The van der Waals surface area contributed by atoms with Crippen molar-refractivity contribution in [3.05, 3.63) is 29.3 Å². The van der Waals surface area contributed by atoms with Crippen LogP contribution in [0.15, 0.2) is 24.3 Å². The Kier molecular flexibility index (Phi) is 6.62. The molecule has 106 valence electrons. The third-order valence-electron chi connectivity index (χ3n) is 2.43. The van der Waals surface area contributed by atoms with Gasteiger partial charge in [0.2, 0.25) is 0 Å². The molecular formula is C13H18ClNO4. The van der Waals surface area contributed by atoms with Crippen LogP contribution < -0.4 is 10.1 Å². The summed E-state index contributed by atoms with van der Waals surface area (Å²) in [4.78, 5) is 11.7. The summed E-state index contributed by atoms with van der Waals surface area (Å²) in [5, 5.41) is 3.28. The van der Waals surface area contributed by atoms with Gasteiger partial charge in [0.05, 0.1) is 6.04 Å². The highest BCUT2D eigenvalue weighted by molar-refractivity contribution is 6.30. The van der Waals surface area contributed by atoms with Crippen LogP contribution in [0.25, 0.3) is 0 Å². The van der Waals surface area contributed by atoms with Crippen molar-refractivity contribution in [1.82, 2.24) is 5.32 Å². The minimum absolute atomic E-state index is 0.0924. The molecule has 1 amide bonds. The maximum atomic E-state index is 11.7. The first-order valence-corrected chi connectivity index (χ1v) is 6.18. The summed E-state index contributed by atoms with van der Waals surface area (Å²) in [5.74, 6) is 0.289. The topological polar surface area (TPSA) is 56.8 Å². The Morgan fingerprint density at radius 3 is 2.63 bits per heavy atom. The van der Waals surface area contributed by atoms with Gasteiger partial charge >= 0.3 is 0 Å². The Morgan fingerprint density at radius 1 is 1.37 bits per heavy atom. The molecule has 0 bridgehead atoms. The van der Waals surface area contributed by atoms with Gasteiger partial charge in [-0.2, -0.15) is 0 Å². The number of rotatable bonds is 7. The number of hydrogen-bond acceptors (Lipinski definition) is 4. The number of methoxy groups -OCH3 is 2. The molecule has 1 N–H and O–H groups in total. The molecule has 1 unspecified atom stereocenters. The van der Waals surface area contributed by atoms with E-state index >= 15 is 0 Å². The Morgan fingerprint density at radius 2 is 2.05 bits per heavy atom. The average molecular weight is 288 g/mol. The van der Waals surface area contributed by atoms with E-state index < -0.39 is 6.29 Å². The highest BCUT2D eigenvalue weighted by Crippen LogP contribution is 2.16. The normalized spacial score (nSPS) is 12.3. The first-order valence-electron chi connectivity index (χ1n) is 5.80. The van der Waals surface area contributed by atoms with Gasteiger partial charge in [0.1, 0.15) is 5.75 Å². The summed E-state index contributed by atoms with van der Waals surface area (Å²) in [5.41, 5.74) is 0. The molecule has 0 aromatic heterocycles. The Balaban J connectivity index is 2.39. The van der Waals surface area contributed by atoms with Gasteiger partial charge in [-0.3, -0.25) is 4.79 Å². The summed E-state index contributed by atoms with van der Waals surface area (Å²) in [6.45, 7) is 1.69. The van der Waals surface area contributed by atoms with Crippen molar-refractivity contribution in [2.24, 2.45) is 0 Å². The number of hydrogen-bond donors (Lipinski definition) is 1. The van der Waals surface area contributed by atoms with Crippen molar-refractivity contribution in [3.8, 4) is 5.75 Å². The van der Waals surface area contributed by atoms with E-state index in [0.29, 0.717) is 10.8 Å². The summed E-state index contributed by atoms with van der Waals surface area (Å²) >= 11 is 5.81. The van der Waals surface area contributed by atoms with E-state index in [9.17, 15) is 4.79 Å². The molecule has 0 saturated carbocycles. The zero-order valence-corrected chi connectivity index (χ0v) is 11.9. The third kappa shape index (κ3) is 5.46. The summed E-state index contributed by atoms with van der Waals surface area (Å²) in [6.07, 6.45) is -0.491. The molecule has 0 aliphatic carbocycles. The van der Waals surface area contributed by atoms with Crippen LogP contribution in [-0.4, -0.2) is 39.1 Å². The van der Waals surface area contributed by atoms with Crippen molar-refractivity contribution < 1.29 is 19.0 Å². The van der Waals surface area contributed by atoms with E-state index in [-0.39, 0.29) is 18.6 Å². The fourth-order valence-corrected chi connectivity index (χ4v) is 1.75. The minimum atomic E-state index is -0.491. The van der Waals surface area contributed by atoms with Crippen LogP contribution in [-0.2, 0) is 14.3 Å². The molecule has 0 aliphatic rings. The van der Waals surface area contributed by atoms with Crippen molar-refractivity contribution in [3.63, 3.8) is 0 Å². The first-order chi connectivity index (χ1) is 9.06. The number of amides is 1. The van der Waals surface area contributed by atoms with Crippen LogP contribution in [0.4, 0.5) is 0 Å². The van der Waals surface area contributed by atoms with Crippen LogP contribution >= 0.6 is 11.6 Å². The fraction of sp³-hybridized carbons (Fsp3) is 0.462. The lowest BCUT2D eigenvalue weighted by atomic mass is 10.3. The highest BCUT2D eigenvalue weighted by atomic mass is 35.5. The Bertz CT molecular complexity index is 409. The van der Waals surface area contributed by atoms with Gasteiger partial charge in [0.15, 0.2) is 12.9 Å². The SMILES string of the molecule is COC(OC)C(C)NC(=O)COc1cccc(Cl)c1. The van der Waals surface area contributed by atoms with Crippen LogP contribution in [0.3, 0.4) is 0 Å². The number of benzene rings is 1. The van der Waals surface area contributed by atoms with Gasteiger partial charge in [-0.25, -0.2) is 0 Å². The first kappa shape index (κ1) is 15.8. The fourth-order valence-electron chi connectivity index (χ4n) is 1.57. The summed E-state index contributed by atoms with van der Waals surface area (Å²) in [6, 6.07) is 6.59. The van der Waals surface area contributed by atoms with Gasteiger partial charge in [-0.15, -0.1) is 0 Å². The van der Waals surface area contributed by atoms with E-state index in [1.807, 2.05) is 0 Å². The van der Waals surface area contributed by atoms with Crippen molar-refractivity contribution >= 4 is 17.5 Å². The number of carbonyl (C=O) groups excluding carboxylic acids is 1. The second-order valence-corrected chi connectivity index (χ2v) is 4.38. The van der Waals surface area contributed by atoms with E-state index in [4.69, 9.17) is 25.8 Å². The standard InChI is InChI=1S/C13H18ClNO4/c1-9(13(17-2)18-3)15-12(16)8-19-11-6-4-5-10(14)7-11/h4-7,9,13H,8H2,1-3H3,(H,15,16). The number of carbonyl (C=O) groups is 1. The Hall–Kier alpha value is -1.30. The van der Waals surface area contributed by atoms with Gasteiger partial charge in [0, 0.05) is 19.2 Å². The Labute approximate surface area is 117 Å². The van der Waals surface area contributed by atoms with Gasteiger partial charge in [-0.05, 0) is 25.1 Å². The quantitative estimate of drug-likeness (QED) is 0.778. The molecule has 0 aliphatic heterocycles. The van der Waals surface area contributed by atoms with Crippen molar-refractivity contribution in [1.29, 1.82) is 0 Å². The highest BCUT2D eigenvalue weighted by Gasteiger charge is 2.18. The molecular weight excluding hydrogens is 270 g/mol. The molecule has 0 fully saturated rings. The second-order valence-electron chi connectivity index (χ2n) is 3.94. The molecule has 0 heterocycles. The number of nitrogens with one attached hydrogen (secondary N) is 1. The third-order valence-corrected chi connectivity index (χ3v) is 2.66. The van der Waals surface area contributed by atoms with Gasteiger partial charge < -0.3 is 19.5 Å². The van der Waals surface area contributed by atoms with E-state index in [2.05, 4.69) is 5.32 Å². The van der Waals surface area contributed by atoms with Gasteiger partial charge in [0.25, 0.3) is 5.91 Å². The van der Waals surface area contributed by atoms with Crippen LogP contribution in [0.2, 0.25) is 5.02 Å². The lowest BCUT2D eigenvalue weighted by Gasteiger charge is -2.22. The van der Waals surface area contributed by atoms with Crippen LogP contribution in [0.5, 0.6) is 5.75 Å². The lowest BCUT2D eigenvalue weighted by molar-refractivity contribution is -0.137.